The van der Waals surface area contributed by atoms with Gasteiger partial charge >= 0.3 is 0 Å². The Bertz CT molecular complexity index is 914. The smallest absolute Gasteiger partial charge is 0.244 e. The van der Waals surface area contributed by atoms with Crippen LogP contribution in [0.2, 0.25) is 0 Å². The second-order valence-electron chi connectivity index (χ2n) is 8.11. The van der Waals surface area contributed by atoms with Gasteiger partial charge in [0.05, 0.1) is 10.4 Å². The largest absolute Gasteiger partial charge is 0.297 e. The van der Waals surface area contributed by atoms with Gasteiger partial charge in [0.25, 0.3) is 0 Å². The maximum absolute atomic E-state index is 13.3. The molecule has 1 aromatic carbocycles. The lowest BCUT2D eigenvalue weighted by atomic mass is 9.88. The predicted molar refractivity (Wildman–Crippen MR) is 106 cm³/mol. The number of fused-ring (bicyclic) bond motifs is 2. The standard InChI is InChI=1S/C21H27N3O2S/c1-17(2)9-12-24-21(19-7-3-4-8-20(19)27(24,25)26)10-13-23(16-21)15-18-6-5-11-22-14-18/h3-8,11,14,17H,9-10,12-13,15-16H2,1-2H3. The third-order valence-electron chi connectivity index (χ3n) is 5.80. The van der Waals surface area contributed by atoms with Crippen molar-refractivity contribution in [3.8, 4) is 0 Å². The molecule has 144 valence electrons. The zero-order chi connectivity index (χ0) is 19.1. The van der Waals surface area contributed by atoms with Crippen LogP contribution in [0.4, 0.5) is 0 Å². The van der Waals surface area contributed by atoms with Crippen LogP contribution in [-0.2, 0) is 22.1 Å². The van der Waals surface area contributed by atoms with Gasteiger partial charge in [0, 0.05) is 38.6 Å². The summed E-state index contributed by atoms with van der Waals surface area (Å²) in [6, 6.07) is 11.6. The Morgan fingerprint density at radius 3 is 2.74 bits per heavy atom. The van der Waals surface area contributed by atoms with E-state index in [0.717, 1.165) is 43.6 Å². The number of likely N-dealkylation sites (tertiary alicyclic amines) is 1. The molecule has 1 fully saturated rings. The van der Waals surface area contributed by atoms with E-state index in [2.05, 4.69) is 29.8 Å². The average molecular weight is 386 g/mol. The molecule has 27 heavy (non-hydrogen) atoms. The summed E-state index contributed by atoms with van der Waals surface area (Å²) in [5.74, 6) is 0.467. The summed E-state index contributed by atoms with van der Waals surface area (Å²) in [7, 11) is -3.44. The molecule has 2 aliphatic heterocycles. The summed E-state index contributed by atoms with van der Waals surface area (Å²) >= 11 is 0. The highest BCUT2D eigenvalue weighted by atomic mass is 32.2. The van der Waals surface area contributed by atoms with E-state index in [1.54, 1.807) is 16.6 Å². The molecule has 1 atom stereocenters. The molecule has 1 unspecified atom stereocenters. The van der Waals surface area contributed by atoms with Gasteiger partial charge in [-0.15, -0.1) is 0 Å². The summed E-state index contributed by atoms with van der Waals surface area (Å²) in [5.41, 5.74) is 1.70. The molecule has 3 heterocycles. The van der Waals surface area contributed by atoms with Crippen molar-refractivity contribution in [2.24, 2.45) is 5.92 Å². The molecule has 0 bridgehead atoms. The number of rotatable bonds is 5. The Morgan fingerprint density at radius 2 is 2.00 bits per heavy atom. The van der Waals surface area contributed by atoms with Crippen molar-refractivity contribution in [2.75, 3.05) is 19.6 Å². The first-order valence-electron chi connectivity index (χ1n) is 9.67. The van der Waals surface area contributed by atoms with Gasteiger partial charge in [-0.25, -0.2) is 8.42 Å². The van der Waals surface area contributed by atoms with Crippen LogP contribution < -0.4 is 0 Å². The van der Waals surface area contributed by atoms with Crippen molar-refractivity contribution in [1.29, 1.82) is 0 Å². The van der Waals surface area contributed by atoms with E-state index in [4.69, 9.17) is 0 Å². The minimum atomic E-state index is -3.44. The molecule has 4 rings (SSSR count). The third-order valence-corrected chi connectivity index (χ3v) is 7.82. The summed E-state index contributed by atoms with van der Waals surface area (Å²) in [5, 5.41) is 0. The van der Waals surface area contributed by atoms with Gasteiger partial charge < -0.3 is 0 Å². The van der Waals surface area contributed by atoms with E-state index >= 15 is 0 Å². The van der Waals surface area contributed by atoms with E-state index in [0.29, 0.717) is 17.4 Å². The lowest BCUT2D eigenvalue weighted by Gasteiger charge is -2.34. The lowest BCUT2D eigenvalue weighted by molar-refractivity contribution is 0.183. The Kier molecular flexibility index (Phi) is 4.82. The third kappa shape index (κ3) is 3.20. The molecule has 0 saturated carbocycles. The van der Waals surface area contributed by atoms with Crippen LogP contribution >= 0.6 is 0 Å². The predicted octanol–water partition coefficient (Wildman–Crippen LogP) is 3.23. The average Bonchev–Trinajstić information content (AvgIpc) is 3.13. The molecule has 2 aliphatic rings. The molecule has 6 heteroatoms. The molecule has 1 aromatic heterocycles. The lowest BCUT2D eigenvalue weighted by Crippen LogP contribution is -2.46. The number of nitrogens with zero attached hydrogens (tertiary/aromatic N) is 3. The monoisotopic (exact) mass is 385 g/mol. The van der Waals surface area contributed by atoms with Crippen LogP contribution in [0.15, 0.2) is 53.7 Å². The maximum atomic E-state index is 13.3. The highest BCUT2D eigenvalue weighted by molar-refractivity contribution is 7.89. The van der Waals surface area contributed by atoms with Crippen molar-refractivity contribution in [3.63, 3.8) is 0 Å². The van der Waals surface area contributed by atoms with Crippen molar-refractivity contribution < 1.29 is 8.42 Å². The van der Waals surface area contributed by atoms with Crippen LogP contribution in [0.1, 0.15) is 37.8 Å². The Morgan fingerprint density at radius 1 is 1.19 bits per heavy atom. The number of aromatic nitrogens is 1. The van der Waals surface area contributed by atoms with E-state index in [-0.39, 0.29) is 0 Å². The number of hydrogen-bond acceptors (Lipinski definition) is 4. The fourth-order valence-electron chi connectivity index (χ4n) is 4.45. The minimum absolute atomic E-state index is 0.438. The molecule has 1 saturated heterocycles. The number of hydrogen-bond donors (Lipinski definition) is 0. The maximum Gasteiger partial charge on any atom is 0.244 e. The Hall–Kier alpha value is -1.76. The van der Waals surface area contributed by atoms with Crippen LogP contribution in [0.3, 0.4) is 0 Å². The van der Waals surface area contributed by atoms with Gasteiger partial charge in [-0.2, -0.15) is 4.31 Å². The van der Waals surface area contributed by atoms with Crippen LogP contribution in [-0.4, -0.2) is 42.2 Å². The summed E-state index contributed by atoms with van der Waals surface area (Å²) in [6.07, 6.45) is 5.38. The van der Waals surface area contributed by atoms with Crippen molar-refractivity contribution in [2.45, 2.75) is 43.7 Å². The zero-order valence-corrected chi connectivity index (χ0v) is 16.8. The molecule has 5 nitrogen and oxygen atoms in total. The Labute approximate surface area is 162 Å². The SMILES string of the molecule is CC(C)CCN1C2(CCN(Cc3cccnc3)C2)c2ccccc2S1(=O)=O. The van der Waals surface area contributed by atoms with Crippen molar-refractivity contribution in [3.05, 3.63) is 59.9 Å². The van der Waals surface area contributed by atoms with Crippen molar-refractivity contribution >= 4 is 10.0 Å². The number of sulfonamides is 1. The van der Waals surface area contributed by atoms with E-state index < -0.39 is 15.6 Å². The molecular formula is C21H27N3O2S. The molecule has 0 aliphatic carbocycles. The minimum Gasteiger partial charge on any atom is -0.297 e. The second-order valence-corrected chi connectivity index (χ2v) is 9.94. The highest BCUT2D eigenvalue weighted by Crippen LogP contribution is 2.49. The first-order chi connectivity index (χ1) is 12.9. The zero-order valence-electron chi connectivity index (χ0n) is 16.0. The topological polar surface area (TPSA) is 53.5 Å². The highest BCUT2D eigenvalue weighted by Gasteiger charge is 2.56. The van der Waals surface area contributed by atoms with Gasteiger partial charge in [0.1, 0.15) is 0 Å². The van der Waals surface area contributed by atoms with Crippen molar-refractivity contribution in [1.82, 2.24) is 14.2 Å². The molecule has 1 spiro atoms. The van der Waals surface area contributed by atoms with Gasteiger partial charge in [-0.3, -0.25) is 9.88 Å². The summed E-state index contributed by atoms with van der Waals surface area (Å²) in [4.78, 5) is 7.06. The van der Waals surface area contributed by atoms with Gasteiger partial charge in [-0.1, -0.05) is 38.1 Å². The van der Waals surface area contributed by atoms with E-state index in [9.17, 15) is 8.42 Å². The fourth-order valence-corrected chi connectivity index (χ4v) is 6.53. The van der Waals surface area contributed by atoms with E-state index in [1.165, 1.54) is 0 Å². The van der Waals surface area contributed by atoms with Gasteiger partial charge in [0.2, 0.25) is 10.0 Å². The van der Waals surface area contributed by atoms with Crippen LogP contribution in [0, 0.1) is 5.92 Å². The summed E-state index contributed by atoms with van der Waals surface area (Å²) in [6.45, 7) is 7.29. The quantitative estimate of drug-likeness (QED) is 0.793. The number of pyridine rings is 1. The molecule has 0 amide bonds. The Balaban J connectivity index is 1.68. The number of benzene rings is 1. The molecule has 2 aromatic rings. The molecule has 0 radical (unpaired) electrons. The first kappa shape index (κ1) is 18.6. The van der Waals surface area contributed by atoms with Gasteiger partial charge in [-0.05, 0) is 42.0 Å². The van der Waals surface area contributed by atoms with Gasteiger partial charge in [0.15, 0.2) is 0 Å². The van der Waals surface area contributed by atoms with Crippen LogP contribution in [0.25, 0.3) is 0 Å². The van der Waals surface area contributed by atoms with Crippen LogP contribution in [0.5, 0.6) is 0 Å². The normalized spacial score (nSPS) is 24.7. The first-order valence-corrected chi connectivity index (χ1v) is 11.1. The van der Waals surface area contributed by atoms with E-state index in [1.807, 2.05) is 30.5 Å². The summed E-state index contributed by atoms with van der Waals surface area (Å²) < 4.78 is 28.4. The molecular weight excluding hydrogens is 358 g/mol. The fraction of sp³-hybridized carbons (Fsp3) is 0.476. The molecule has 0 N–H and O–H groups in total. The second kappa shape index (κ2) is 7.00.